The zero-order chi connectivity index (χ0) is 20.8. The highest BCUT2D eigenvalue weighted by Crippen LogP contribution is 2.36. The van der Waals surface area contributed by atoms with Gasteiger partial charge >= 0.3 is 0 Å². The molecule has 0 heterocycles. The van der Waals surface area contributed by atoms with Crippen LogP contribution in [-0.4, -0.2) is 49.1 Å². The monoisotopic (exact) mass is 402 g/mol. The van der Waals surface area contributed by atoms with E-state index in [9.17, 15) is 10.2 Å². The fourth-order valence-electron chi connectivity index (χ4n) is 3.78. The fraction of sp³-hybridized carbons (Fsp3) is 0.478. The SMILES string of the molecule is C[C@H](C(O)CO)[C@@H](O)CCO[Si](c1ccccc1)(c1ccccc1)C(C)(C)C. The molecule has 4 nitrogen and oxygen atoms in total. The van der Waals surface area contributed by atoms with Crippen molar-refractivity contribution in [2.45, 2.75) is 51.4 Å². The van der Waals surface area contributed by atoms with Crippen molar-refractivity contribution in [2.75, 3.05) is 13.2 Å². The van der Waals surface area contributed by atoms with E-state index in [1.807, 2.05) is 36.4 Å². The Bertz CT molecular complexity index is 660. The third-order valence-electron chi connectivity index (χ3n) is 5.55. The van der Waals surface area contributed by atoms with Crippen LogP contribution >= 0.6 is 0 Å². The Kier molecular flexibility index (Phi) is 7.98. The van der Waals surface area contributed by atoms with Crippen LogP contribution in [0.2, 0.25) is 5.04 Å². The maximum Gasteiger partial charge on any atom is 0.261 e. The Labute approximate surface area is 170 Å². The standard InChI is InChI=1S/C23H34O4Si/c1-18(22(26)17-24)21(25)15-16-27-28(23(2,3)4,19-11-7-5-8-12-19)20-13-9-6-10-14-20/h5-14,18,21-22,24-26H,15-17H2,1-4H3/t18-,21-,22?/m0/s1. The van der Waals surface area contributed by atoms with Crippen molar-refractivity contribution in [1.29, 1.82) is 0 Å². The predicted molar refractivity (Wildman–Crippen MR) is 116 cm³/mol. The quantitative estimate of drug-likeness (QED) is 0.563. The van der Waals surface area contributed by atoms with Crippen LogP contribution in [0.1, 0.15) is 34.1 Å². The van der Waals surface area contributed by atoms with E-state index >= 15 is 0 Å². The second kappa shape index (κ2) is 9.81. The van der Waals surface area contributed by atoms with Crippen LogP contribution in [0.5, 0.6) is 0 Å². The minimum atomic E-state index is -2.61. The summed E-state index contributed by atoms with van der Waals surface area (Å²) in [6, 6.07) is 20.8. The molecular formula is C23H34O4Si. The van der Waals surface area contributed by atoms with Crippen LogP contribution in [0.3, 0.4) is 0 Å². The molecule has 28 heavy (non-hydrogen) atoms. The molecule has 0 aliphatic rings. The predicted octanol–water partition coefficient (Wildman–Crippen LogP) is 2.30. The summed E-state index contributed by atoms with van der Waals surface area (Å²) in [5, 5.41) is 31.6. The van der Waals surface area contributed by atoms with Crippen LogP contribution in [0, 0.1) is 5.92 Å². The molecule has 0 bridgehead atoms. The Morgan fingerprint density at radius 2 is 1.32 bits per heavy atom. The van der Waals surface area contributed by atoms with Gasteiger partial charge in [0.2, 0.25) is 0 Å². The number of aliphatic hydroxyl groups excluding tert-OH is 3. The normalized spacial score (nSPS) is 15.8. The van der Waals surface area contributed by atoms with Gasteiger partial charge in [0.25, 0.3) is 8.32 Å². The average molecular weight is 403 g/mol. The van der Waals surface area contributed by atoms with Crippen LogP contribution < -0.4 is 10.4 Å². The van der Waals surface area contributed by atoms with E-state index in [1.54, 1.807) is 6.92 Å². The molecule has 3 N–H and O–H groups in total. The Hall–Kier alpha value is -1.50. The van der Waals surface area contributed by atoms with Gasteiger partial charge in [-0.05, 0) is 21.8 Å². The van der Waals surface area contributed by atoms with Gasteiger partial charge in [-0.3, -0.25) is 0 Å². The Morgan fingerprint density at radius 1 is 0.857 bits per heavy atom. The number of benzene rings is 2. The average Bonchev–Trinajstić information content (AvgIpc) is 2.70. The van der Waals surface area contributed by atoms with E-state index in [0.29, 0.717) is 13.0 Å². The lowest BCUT2D eigenvalue weighted by Crippen LogP contribution is -2.66. The fourth-order valence-corrected chi connectivity index (χ4v) is 8.36. The highest BCUT2D eigenvalue weighted by Gasteiger charge is 2.50. The van der Waals surface area contributed by atoms with Crippen molar-refractivity contribution in [1.82, 2.24) is 0 Å². The summed E-state index contributed by atoms with van der Waals surface area (Å²) in [5.41, 5.74) is 0. The number of aliphatic hydroxyl groups is 3. The maximum absolute atomic E-state index is 10.4. The lowest BCUT2D eigenvalue weighted by Gasteiger charge is -2.43. The summed E-state index contributed by atoms with van der Waals surface area (Å²) in [5.74, 6) is -0.409. The minimum absolute atomic E-state index is 0.114. The lowest BCUT2D eigenvalue weighted by molar-refractivity contribution is -0.0151. The molecule has 2 aromatic rings. The first kappa shape index (κ1) is 22.8. The van der Waals surface area contributed by atoms with Crippen molar-refractivity contribution in [3.63, 3.8) is 0 Å². The third kappa shape index (κ3) is 4.91. The van der Waals surface area contributed by atoms with Crippen molar-refractivity contribution in [3.8, 4) is 0 Å². The molecule has 1 unspecified atom stereocenters. The first-order valence-electron chi connectivity index (χ1n) is 9.96. The van der Waals surface area contributed by atoms with E-state index < -0.39 is 26.4 Å². The number of hydrogen-bond donors (Lipinski definition) is 3. The van der Waals surface area contributed by atoms with E-state index in [1.165, 1.54) is 10.4 Å². The Morgan fingerprint density at radius 3 is 1.71 bits per heavy atom. The molecule has 0 aromatic heterocycles. The zero-order valence-corrected chi connectivity index (χ0v) is 18.4. The van der Waals surface area contributed by atoms with Crippen LogP contribution in [0.25, 0.3) is 0 Å². The van der Waals surface area contributed by atoms with Gasteiger partial charge in [-0.2, -0.15) is 0 Å². The van der Waals surface area contributed by atoms with Gasteiger partial charge in [0.1, 0.15) is 0 Å². The summed E-state index contributed by atoms with van der Waals surface area (Å²) in [6.45, 7) is 8.43. The molecule has 0 radical (unpaired) electrons. The van der Waals surface area contributed by atoms with Crippen molar-refractivity contribution < 1.29 is 19.7 Å². The molecule has 154 valence electrons. The molecule has 0 fully saturated rings. The first-order chi connectivity index (χ1) is 13.2. The van der Waals surface area contributed by atoms with Crippen LogP contribution in [0.15, 0.2) is 60.7 Å². The van der Waals surface area contributed by atoms with Gasteiger partial charge in [-0.15, -0.1) is 0 Å². The largest absolute Gasteiger partial charge is 0.407 e. The van der Waals surface area contributed by atoms with Crippen molar-refractivity contribution in [3.05, 3.63) is 60.7 Å². The molecule has 0 aliphatic carbocycles. The van der Waals surface area contributed by atoms with Crippen LogP contribution in [0.4, 0.5) is 0 Å². The van der Waals surface area contributed by atoms with E-state index in [4.69, 9.17) is 9.53 Å². The molecule has 0 aliphatic heterocycles. The second-order valence-corrected chi connectivity index (χ2v) is 12.8. The minimum Gasteiger partial charge on any atom is -0.407 e. The Balaban J connectivity index is 2.34. The number of hydrogen-bond acceptors (Lipinski definition) is 4. The topological polar surface area (TPSA) is 69.9 Å². The van der Waals surface area contributed by atoms with Gasteiger partial charge in [0.15, 0.2) is 0 Å². The molecule has 2 rings (SSSR count). The zero-order valence-electron chi connectivity index (χ0n) is 17.4. The van der Waals surface area contributed by atoms with Gasteiger partial charge in [0, 0.05) is 12.5 Å². The smallest absolute Gasteiger partial charge is 0.261 e. The van der Waals surface area contributed by atoms with Crippen molar-refractivity contribution in [2.24, 2.45) is 5.92 Å². The molecular weight excluding hydrogens is 368 g/mol. The molecule has 0 saturated heterocycles. The van der Waals surface area contributed by atoms with E-state index in [-0.39, 0.29) is 11.6 Å². The highest BCUT2D eigenvalue weighted by atomic mass is 28.4. The van der Waals surface area contributed by atoms with E-state index in [2.05, 4.69) is 45.0 Å². The summed E-state index contributed by atoms with van der Waals surface area (Å²) >= 11 is 0. The summed E-state index contributed by atoms with van der Waals surface area (Å²) in [6.07, 6.45) is -1.26. The lowest BCUT2D eigenvalue weighted by atomic mass is 9.96. The van der Waals surface area contributed by atoms with Crippen molar-refractivity contribution >= 4 is 18.7 Å². The molecule has 2 aromatic carbocycles. The van der Waals surface area contributed by atoms with E-state index in [0.717, 1.165) is 0 Å². The van der Waals surface area contributed by atoms with Crippen LogP contribution in [-0.2, 0) is 4.43 Å². The summed E-state index contributed by atoms with van der Waals surface area (Å²) < 4.78 is 6.74. The highest BCUT2D eigenvalue weighted by molar-refractivity contribution is 6.99. The molecule has 0 saturated carbocycles. The molecule has 0 spiro atoms. The first-order valence-corrected chi connectivity index (χ1v) is 11.9. The third-order valence-corrected chi connectivity index (χ3v) is 10.6. The summed E-state index contributed by atoms with van der Waals surface area (Å²) in [7, 11) is -2.61. The van der Waals surface area contributed by atoms with Gasteiger partial charge < -0.3 is 19.7 Å². The van der Waals surface area contributed by atoms with Gasteiger partial charge in [-0.25, -0.2) is 0 Å². The summed E-state index contributed by atoms with van der Waals surface area (Å²) in [4.78, 5) is 0. The second-order valence-electron chi connectivity index (χ2n) is 8.48. The van der Waals surface area contributed by atoms with Gasteiger partial charge in [-0.1, -0.05) is 88.4 Å². The molecule has 0 amide bonds. The van der Waals surface area contributed by atoms with Gasteiger partial charge in [0.05, 0.1) is 18.8 Å². The number of rotatable bonds is 9. The molecule has 3 atom stereocenters. The molecule has 5 heteroatoms. The maximum atomic E-state index is 10.4.